The lowest BCUT2D eigenvalue weighted by Crippen LogP contribution is -2.23. The van der Waals surface area contributed by atoms with Crippen LogP contribution < -0.4 is 10.1 Å². The van der Waals surface area contributed by atoms with Crippen LogP contribution in [-0.4, -0.2) is 12.5 Å². The van der Waals surface area contributed by atoms with Crippen LogP contribution in [0.3, 0.4) is 0 Å². The highest BCUT2D eigenvalue weighted by molar-refractivity contribution is 9.10. The second-order valence-electron chi connectivity index (χ2n) is 4.18. The molecule has 0 saturated carbocycles. The largest absolute Gasteiger partial charge is 0.434 e. The van der Waals surface area contributed by atoms with Crippen molar-refractivity contribution in [3.8, 4) is 5.75 Å². The van der Waals surface area contributed by atoms with Crippen molar-refractivity contribution in [1.29, 1.82) is 0 Å². The molecule has 2 rings (SSSR count). The van der Waals surface area contributed by atoms with Crippen molar-refractivity contribution in [2.24, 2.45) is 0 Å². The first-order valence-electron chi connectivity index (χ1n) is 6.13. The van der Waals surface area contributed by atoms with Crippen LogP contribution in [0.15, 0.2) is 53.0 Å². The molecule has 0 bridgehead atoms. The van der Waals surface area contributed by atoms with Gasteiger partial charge in [-0.25, -0.2) is 0 Å². The lowest BCUT2D eigenvalue weighted by Gasteiger charge is -2.11. The lowest BCUT2D eigenvalue weighted by atomic mass is 10.2. The summed E-state index contributed by atoms with van der Waals surface area (Å²) in [6, 6.07) is 13.2. The Morgan fingerprint density at radius 3 is 2.67 bits per heavy atom. The number of halogens is 3. The summed E-state index contributed by atoms with van der Waals surface area (Å²) in [6.07, 6.45) is 0. The summed E-state index contributed by atoms with van der Waals surface area (Å²) >= 11 is 3.28. The predicted molar refractivity (Wildman–Crippen MR) is 78.4 cm³/mol. The van der Waals surface area contributed by atoms with Gasteiger partial charge in [0.05, 0.1) is 0 Å². The lowest BCUT2D eigenvalue weighted by molar-refractivity contribution is -0.0504. The minimum absolute atomic E-state index is 0.0574. The number of hydrogen-bond acceptors (Lipinski definition) is 2. The molecule has 0 radical (unpaired) electrons. The van der Waals surface area contributed by atoms with Crippen molar-refractivity contribution >= 4 is 21.8 Å². The maximum Gasteiger partial charge on any atom is 0.387 e. The summed E-state index contributed by atoms with van der Waals surface area (Å²) in [6.45, 7) is -2.79. The van der Waals surface area contributed by atoms with E-state index in [1.54, 1.807) is 36.4 Å². The van der Waals surface area contributed by atoms with Gasteiger partial charge in [0.25, 0.3) is 5.91 Å². The smallest absolute Gasteiger partial charge is 0.387 e. The molecular weight excluding hydrogens is 344 g/mol. The van der Waals surface area contributed by atoms with Crippen molar-refractivity contribution in [3.63, 3.8) is 0 Å². The van der Waals surface area contributed by atoms with Gasteiger partial charge in [-0.15, -0.1) is 0 Å². The zero-order chi connectivity index (χ0) is 15.2. The zero-order valence-electron chi connectivity index (χ0n) is 10.9. The highest BCUT2D eigenvalue weighted by atomic mass is 79.9. The van der Waals surface area contributed by atoms with Gasteiger partial charge in [0.15, 0.2) is 0 Å². The Morgan fingerprint density at radius 1 is 1.19 bits per heavy atom. The van der Waals surface area contributed by atoms with Gasteiger partial charge in [-0.3, -0.25) is 4.79 Å². The normalized spacial score (nSPS) is 10.5. The number of carbonyl (C=O) groups excluding carboxylic acids is 1. The minimum Gasteiger partial charge on any atom is -0.434 e. The third-order valence-corrected chi connectivity index (χ3v) is 3.21. The van der Waals surface area contributed by atoms with E-state index >= 15 is 0 Å². The summed E-state index contributed by atoms with van der Waals surface area (Å²) in [4.78, 5) is 12.0. The van der Waals surface area contributed by atoms with E-state index in [1.165, 1.54) is 6.07 Å². The molecule has 3 nitrogen and oxygen atoms in total. The van der Waals surface area contributed by atoms with E-state index in [0.717, 1.165) is 4.47 Å². The summed E-state index contributed by atoms with van der Waals surface area (Å²) in [7, 11) is 0. The molecule has 0 spiro atoms. The van der Waals surface area contributed by atoms with Gasteiger partial charge in [-0.2, -0.15) is 8.78 Å². The van der Waals surface area contributed by atoms with E-state index in [2.05, 4.69) is 26.0 Å². The second kappa shape index (κ2) is 7.17. The molecule has 0 fully saturated rings. The average molecular weight is 356 g/mol. The molecule has 21 heavy (non-hydrogen) atoms. The van der Waals surface area contributed by atoms with E-state index in [-0.39, 0.29) is 18.2 Å². The first kappa shape index (κ1) is 15.4. The molecule has 0 heterocycles. The van der Waals surface area contributed by atoms with E-state index in [9.17, 15) is 13.6 Å². The number of alkyl halides is 2. The predicted octanol–water partition coefficient (Wildman–Crippen LogP) is 3.98. The molecule has 2 aromatic rings. The number of para-hydroxylation sites is 1. The van der Waals surface area contributed by atoms with Crippen molar-refractivity contribution < 1.29 is 18.3 Å². The van der Waals surface area contributed by atoms with Crippen molar-refractivity contribution in [1.82, 2.24) is 5.32 Å². The average Bonchev–Trinajstić information content (AvgIpc) is 2.45. The van der Waals surface area contributed by atoms with Crippen LogP contribution in [0, 0.1) is 0 Å². The van der Waals surface area contributed by atoms with Gasteiger partial charge in [0, 0.05) is 22.1 Å². The molecule has 2 aromatic carbocycles. The Bertz CT molecular complexity index is 635. The van der Waals surface area contributed by atoms with Crippen molar-refractivity contribution in [2.45, 2.75) is 13.2 Å². The quantitative estimate of drug-likeness (QED) is 0.880. The fourth-order valence-corrected chi connectivity index (χ4v) is 2.17. The second-order valence-corrected chi connectivity index (χ2v) is 5.09. The van der Waals surface area contributed by atoms with Crippen LogP contribution in [0.1, 0.15) is 15.9 Å². The number of hydrogen-bond donors (Lipinski definition) is 1. The number of amides is 1. The summed E-state index contributed by atoms with van der Waals surface area (Å²) < 4.78 is 29.8. The zero-order valence-corrected chi connectivity index (χ0v) is 12.4. The minimum atomic E-state index is -2.90. The molecule has 0 atom stereocenters. The fourth-order valence-electron chi connectivity index (χ4n) is 1.77. The maximum atomic E-state index is 12.3. The highest BCUT2D eigenvalue weighted by Gasteiger charge is 2.11. The Hall–Kier alpha value is -1.95. The van der Waals surface area contributed by atoms with Gasteiger partial charge in [0.2, 0.25) is 0 Å². The standard InChI is InChI=1S/C15H12BrF2NO2/c16-12-6-3-5-10(8-12)14(20)19-9-11-4-1-2-7-13(11)21-15(17)18/h1-8,15H,9H2,(H,19,20). The monoisotopic (exact) mass is 355 g/mol. The molecule has 1 amide bonds. The van der Waals surface area contributed by atoms with Crippen LogP contribution in [-0.2, 0) is 6.54 Å². The first-order chi connectivity index (χ1) is 10.1. The van der Waals surface area contributed by atoms with E-state index in [1.807, 2.05) is 6.07 Å². The summed E-state index contributed by atoms with van der Waals surface area (Å²) in [5, 5.41) is 2.67. The molecule has 6 heteroatoms. The third kappa shape index (κ3) is 4.53. The van der Waals surface area contributed by atoms with Crippen LogP contribution in [0.5, 0.6) is 5.75 Å². The maximum absolute atomic E-state index is 12.3. The van der Waals surface area contributed by atoms with Gasteiger partial charge in [-0.05, 0) is 24.3 Å². The molecule has 110 valence electrons. The van der Waals surface area contributed by atoms with Gasteiger partial charge < -0.3 is 10.1 Å². The molecular formula is C15H12BrF2NO2. The van der Waals surface area contributed by atoms with Crippen molar-refractivity contribution in [3.05, 3.63) is 64.1 Å². The van der Waals surface area contributed by atoms with Gasteiger partial charge in [-0.1, -0.05) is 40.2 Å². The molecule has 1 N–H and O–H groups in total. The van der Waals surface area contributed by atoms with Crippen LogP contribution in [0.4, 0.5) is 8.78 Å². The number of nitrogens with one attached hydrogen (secondary N) is 1. The van der Waals surface area contributed by atoms with Gasteiger partial charge >= 0.3 is 6.61 Å². The molecule has 0 unspecified atom stereocenters. The number of carbonyl (C=O) groups is 1. The molecule has 0 aliphatic heterocycles. The van der Waals surface area contributed by atoms with Crippen LogP contribution >= 0.6 is 15.9 Å². The van der Waals surface area contributed by atoms with E-state index in [0.29, 0.717) is 11.1 Å². The third-order valence-electron chi connectivity index (χ3n) is 2.71. The number of benzene rings is 2. The molecule has 0 aromatic heterocycles. The summed E-state index contributed by atoms with van der Waals surface area (Å²) in [5.41, 5.74) is 0.970. The highest BCUT2D eigenvalue weighted by Crippen LogP contribution is 2.20. The molecule has 0 aliphatic rings. The first-order valence-corrected chi connectivity index (χ1v) is 6.92. The van der Waals surface area contributed by atoms with Gasteiger partial charge in [0.1, 0.15) is 5.75 Å². The molecule has 0 saturated heterocycles. The van der Waals surface area contributed by atoms with Crippen LogP contribution in [0.25, 0.3) is 0 Å². The number of rotatable bonds is 5. The molecule has 0 aliphatic carbocycles. The Labute approximate surface area is 129 Å². The Balaban J connectivity index is 2.04. The fraction of sp³-hybridized carbons (Fsp3) is 0.133. The van der Waals surface area contributed by atoms with E-state index < -0.39 is 6.61 Å². The van der Waals surface area contributed by atoms with Crippen molar-refractivity contribution in [2.75, 3.05) is 0 Å². The summed E-state index contributed by atoms with van der Waals surface area (Å²) in [5.74, 6) is -0.231. The SMILES string of the molecule is O=C(NCc1ccccc1OC(F)F)c1cccc(Br)c1. The van der Waals surface area contributed by atoms with Crippen LogP contribution in [0.2, 0.25) is 0 Å². The number of ether oxygens (including phenoxy) is 1. The topological polar surface area (TPSA) is 38.3 Å². The Kier molecular flexibility index (Phi) is 5.27. The van der Waals surface area contributed by atoms with E-state index in [4.69, 9.17) is 0 Å². The Morgan fingerprint density at radius 2 is 1.95 bits per heavy atom.